The molecule has 1 N–H and O–H groups in total. The van der Waals surface area contributed by atoms with Crippen LogP contribution in [0.3, 0.4) is 0 Å². The monoisotopic (exact) mass is 153 g/mol. The van der Waals surface area contributed by atoms with Crippen molar-refractivity contribution in [2.75, 3.05) is 11.2 Å². The molecule has 0 saturated carbocycles. The Labute approximate surface area is 61.7 Å². The quantitative estimate of drug-likeness (QED) is 0.606. The van der Waals surface area contributed by atoms with Crippen LogP contribution < -0.4 is 5.32 Å². The van der Waals surface area contributed by atoms with Crippen molar-refractivity contribution in [3.63, 3.8) is 0 Å². The van der Waals surface area contributed by atoms with Gasteiger partial charge >= 0.3 is 0 Å². The Morgan fingerprint density at radius 1 is 1.40 bits per heavy atom. The molecule has 2 rings (SSSR count). The highest BCUT2D eigenvalue weighted by Gasteiger charge is 2.14. The van der Waals surface area contributed by atoms with E-state index in [0.29, 0.717) is 5.88 Å². The van der Waals surface area contributed by atoms with Crippen LogP contribution in [0.1, 0.15) is 0 Å². The molecule has 0 saturated heterocycles. The zero-order chi connectivity index (χ0) is 6.97. The fraction of sp³-hybridized carbons (Fsp3) is 0.143. The summed E-state index contributed by atoms with van der Waals surface area (Å²) in [6.07, 6.45) is 0. The van der Waals surface area contributed by atoms with Gasteiger partial charge in [-0.1, -0.05) is 12.1 Å². The van der Waals surface area contributed by atoms with Gasteiger partial charge in [-0.2, -0.15) is 0 Å². The van der Waals surface area contributed by atoms with E-state index in [2.05, 4.69) is 5.32 Å². The molecule has 1 aliphatic heterocycles. The second kappa shape index (κ2) is 2.09. The third kappa shape index (κ3) is 0.743. The lowest BCUT2D eigenvalue weighted by Crippen LogP contribution is -1.94. The molecule has 0 unspecified atom stereocenters. The maximum atomic E-state index is 11.1. The first-order valence-electron chi connectivity index (χ1n) is 3.09. The van der Waals surface area contributed by atoms with Crippen molar-refractivity contribution < 1.29 is 4.21 Å². The lowest BCUT2D eigenvalue weighted by molar-refractivity contribution is 0.686. The van der Waals surface area contributed by atoms with E-state index in [-0.39, 0.29) is 0 Å². The van der Waals surface area contributed by atoms with Crippen LogP contribution in [0.15, 0.2) is 29.2 Å². The number of para-hydroxylation sites is 1. The van der Waals surface area contributed by atoms with Crippen LogP contribution in [-0.2, 0) is 10.8 Å². The van der Waals surface area contributed by atoms with E-state index in [0.717, 1.165) is 10.6 Å². The van der Waals surface area contributed by atoms with E-state index in [4.69, 9.17) is 0 Å². The molecule has 52 valence electrons. The van der Waals surface area contributed by atoms with Gasteiger partial charge in [-0.05, 0) is 12.1 Å². The van der Waals surface area contributed by atoms with Crippen molar-refractivity contribution in [1.82, 2.24) is 0 Å². The van der Waals surface area contributed by atoms with Crippen molar-refractivity contribution in [1.29, 1.82) is 0 Å². The lowest BCUT2D eigenvalue weighted by atomic mass is 10.3. The average Bonchev–Trinajstić information content (AvgIpc) is 2.34. The van der Waals surface area contributed by atoms with Gasteiger partial charge in [-0.15, -0.1) is 0 Å². The normalized spacial score (nSPS) is 21.8. The largest absolute Gasteiger partial charge is 0.372 e. The summed E-state index contributed by atoms with van der Waals surface area (Å²) in [5, 5.41) is 3.05. The minimum atomic E-state index is -0.809. The first kappa shape index (κ1) is 5.92. The number of nitrogens with one attached hydrogen (secondary N) is 1. The SMILES string of the molecule is O=[S@]1CNc2ccccc21. The summed E-state index contributed by atoms with van der Waals surface area (Å²) in [6, 6.07) is 7.68. The molecule has 0 radical (unpaired) electrons. The maximum absolute atomic E-state index is 11.1. The second-order valence-corrected chi connectivity index (χ2v) is 3.58. The van der Waals surface area contributed by atoms with Crippen molar-refractivity contribution in [3.05, 3.63) is 24.3 Å². The number of benzene rings is 1. The first-order chi connectivity index (χ1) is 4.88. The molecule has 10 heavy (non-hydrogen) atoms. The van der Waals surface area contributed by atoms with Gasteiger partial charge in [0.1, 0.15) is 0 Å². The van der Waals surface area contributed by atoms with E-state index < -0.39 is 10.8 Å². The smallest absolute Gasteiger partial charge is 0.0959 e. The third-order valence-electron chi connectivity index (χ3n) is 1.53. The fourth-order valence-electron chi connectivity index (χ4n) is 1.03. The molecule has 1 aliphatic rings. The van der Waals surface area contributed by atoms with E-state index in [1.165, 1.54) is 0 Å². The van der Waals surface area contributed by atoms with Crippen LogP contribution in [-0.4, -0.2) is 10.1 Å². The molecule has 0 fully saturated rings. The molecule has 1 aromatic rings. The number of anilines is 1. The summed E-state index contributed by atoms with van der Waals surface area (Å²) in [7, 11) is -0.809. The van der Waals surface area contributed by atoms with Gasteiger partial charge < -0.3 is 5.32 Å². The molecule has 2 nitrogen and oxygen atoms in total. The van der Waals surface area contributed by atoms with E-state index in [1.807, 2.05) is 24.3 Å². The van der Waals surface area contributed by atoms with Crippen LogP contribution in [0, 0.1) is 0 Å². The number of fused-ring (bicyclic) bond motifs is 1. The molecule has 1 heterocycles. The molecule has 0 amide bonds. The summed E-state index contributed by atoms with van der Waals surface area (Å²) >= 11 is 0. The molecule has 0 bridgehead atoms. The molecule has 0 spiro atoms. The molecule has 1 aromatic carbocycles. The molecular weight excluding hydrogens is 146 g/mol. The Morgan fingerprint density at radius 3 is 3.00 bits per heavy atom. The zero-order valence-corrected chi connectivity index (χ0v) is 6.15. The Morgan fingerprint density at radius 2 is 2.20 bits per heavy atom. The van der Waals surface area contributed by atoms with Crippen molar-refractivity contribution in [2.45, 2.75) is 4.90 Å². The average molecular weight is 153 g/mol. The zero-order valence-electron chi connectivity index (χ0n) is 5.33. The lowest BCUT2D eigenvalue weighted by Gasteiger charge is -1.92. The Hall–Kier alpha value is -0.830. The fourth-order valence-corrected chi connectivity index (χ4v) is 2.09. The van der Waals surface area contributed by atoms with Gasteiger partial charge in [0.15, 0.2) is 0 Å². The molecule has 0 aliphatic carbocycles. The molecule has 1 atom stereocenters. The minimum Gasteiger partial charge on any atom is -0.372 e. The van der Waals surface area contributed by atoms with Crippen LogP contribution in [0.5, 0.6) is 0 Å². The Balaban J connectivity index is 2.61. The number of hydrogen-bond donors (Lipinski definition) is 1. The van der Waals surface area contributed by atoms with Crippen LogP contribution in [0.4, 0.5) is 5.69 Å². The third-order valence-corrected chi connectivity index (χ3v) is 2.78. The van der Waals surface area contributed by atoms with E-state index in [1.54, 1.807) is 0 Å². The molecule has 3 heteroatoms. The molecule has 0 aromatic heterocycles. The standard InChI is InChI=1S/C7H7NOS/c9-10-5-8-6-3-1-2-4-7(6)10/h1-4,8H,5H2/t10-/m0/s1. The topological polar surface area (TPSA) is 29.1 Å². The van der Waals surface area contributed by atoms with Crippen LogP contribution in [0.2, 0.25) is 0 Å². The summed E-state index contributed by atoms with van der Waals surface area (Å²) in [4.78, 5) is 0.933. The predicted octanol–water partition coefficient (Wildman–Crippen LogP) is 1.18. The summed E-state index contributed by atoms with van der Waals surface area (Å²) < 4.78 is 11.1. The van der Waals surface area contributed by atoms with Gasteiger partial charge in [0.25, 0.3) is 0 Å². The summed E-state index contributed by atoms with van der Waals surface area (Å²) in [5.74, 6) is 0.569. The van der Waals surface area contributed by atoms with E-state index >= 15 is 0 Å². The van der Waals surface area contributed by atoms with Gasteiger partial charge in [-0.25, -0.2) is 0 Å². The number of rotatable bonds is 0. The van der Waals surface area contributed by atoms with Gasteiger partial charge in [-0.3, -0.25) is 4.21 Å². The number of hydrogen-bond acceptors (Lipinski definition) is 2. The van der Waals surface area contributed by atoms with Crippen LogP contribution in [0.25, 0.3) is 0 Å². The second-order valence-electron chi connectivity index (χ2n) is 2.16. The highest BCUT2D eigenvalue weighted by molar-refractivity contribution is 7.85. The van der Waals surface area contributed by atoms with Gasteiger partial charge in [0.2, 0.25) is 0 Å². The summed E-state index contributed by atoms with van der Waals surface area (Å²) in [6.45, 7) is 0. The van der Waals surface area contributed by atoms with Gasteiger partial charge in [0.05, 0.1) is 27.3 Å². The highest BCUT2D eigenvalue weighted by Crippen LogP contribution is 2.24. The maximum Gasteiger partial charge on any atom is 0.0959 e. The van der Waals surface area contributed by atoms with Crippen molar-refractivity contribution >= 4 is 16.5 Å². The first-order valence-corrected chi connectivity index (χ1v) is 4.41. The van der Waals surface area contributed by atoms with Crippen LogP contribution >= 0.6 is 0 Å². The minimum absolute atomic E-state index is 0.569. The summed E-state index contributed by atoms with van der Waals surface area (Å²) in [5.41, 5.74) is 1.01. The van der Waals surface area contributed by atoms with Crippen molar-refractivity contribution in [3.8, 4) is 0 Å². The van der Waals surface area contributed by atoms with E-state index in [9.17, 15) is 4.21 Å². The Kier molecular flexibility index (Phi) is 1.24. The highest BCUT2D eigenvalue weighted by atomic mass is 32.2. The molecular formula is C7H7NOS. The Bertz CT molecular complexity index is 285. The van der Waals surface area contributed by atoms with Gasteiger partial charge in [0, 0.05) is 0 Å². The van der Waals surface area contributed by atoms with Crippen molar-refractivity contribution in [2.24, 2.45) is 0 Å². The predicted molar refractivity (Wildman–Crippen MR) is 41.3 cm³/mol.